The molecule has 1 saturated heterocycles. The summed E-state index contributed by atoms with van der Waals surface area (Å²) >= 11 is 0. The molecule has 0 N–H and O–H groups in total. The molecule has 0 bridgehead atoms. The van der Waals surface area contributed by atoms with Crippen LogP contribution in [0.15, 0.2) is 0 Å². The van der Waals surface area contributed by atoms with Crippen molar-refractivity contribution in [3.05, 3.63) is 0 Å². The molecular weight excluding hydrogens is 226 g/mol. The van der Waals surface area contributed by atoms with E-state index in [0.717, 1.165) is 18.3 Å². The number of rotatable bonds is 6. The zero-order valence-corrected chi connectivity index (χ0v) is 12.4. The number of ether oxygens (including phenoxy) is 1. The Morgan fingerprint density at radius 1 is 1.22 bits per heavy atom. The van der Waals surface area contributed by atoms with Gasteiger partial charge >= 0.3 is 5.97 Å². The van der Waals surface area contributed by atoms with Gasteiger partial charge in [0.1, 0.15) is 0 Å². The molecule has 0 aromatic rings. The van der Waals surface area contributed by atoms with Gasteiger partial charge in [-0.05, 0) is 44.2 Å². The van der Waals surface area contributed by atoms with Crippen molar-refractivity contribution in [2.24, 2.45) is 17.8 Å². The SMILES string of the molecule is CC(C)CN1CCC(CCOC(=O)C(C)C)CC1. The summed E-state index contributed by atoms with van der Waals surface area (Å²) in [5.41, 5.74) is 0. The molecule has 3 nitrogen and oxygen atoms in total. The van der Waals surface area contributed by atoms with E-state index in [4.69, 9.17) is 4.74 Å². The van der Waals surface area contributed by atoms with Crippen LogP contribution in [0.4, 0.5) is 0 Å². The zero-order chi connectivity index (χ0) is 13.5. The van der Waals surface area contributed by atoms with Crippen LogP contribution in [0.3, 0.4) is 0 Å². The highest BCUT2D eigenvalue weighted by atomic mass is 16.5. The maximum absolute atomic E-state index is 11.3. The molecule has 0 aliphatic carbocycles. The maximum Gasteiger partial charge on any atom is 0.308 e. The predicted molar refractivity (Wildman–Crippen MR) is 74.4 cm³/mol. The molecule has 0 atom stereocenters. The monoisotopic (exact) mass is 255 g/mol. The van der Waals surface area contributed by atoms with Crippen LogP contribution in [-0.4, -0.2) is 37.1 Å². The summed E-state index contributed by atoms with van der Waals surface area (Å²) in [6.45, 7) is 12.6. The summed E-state index contributed by atoms with van der Waals surface area (Å²) in [5, 5.41) is 0. The molecule has 106 valence electrons. The van der Waals surface area contributed by atoms with Gasteiger partial charge < -0.3 is 9.64 Å². The van der Waals surface area contributed by atoms with E-state index in [0.29, 0.717) is 6.61 Å². The number of hydrogen-bond acceptors (Lipinski definition) is 3. The number of esters is 1. The second-order valence-corrected chi connectivity index (χ2v) is 6.25. The number of nitrogens with zero attached hydrogens (tertiary/aromatic N) is 1. The number of likely N-dealkylation sites (tertiary alicyclic amines) is 1. The highest BCUT2D eigenvalue weighted by Crippen LogP contribution is 2.21. The van der Waals surface area contributed by atoms with E-state index >= 15 is 0 Å². The second kappa shape index (κ2) is 7.78. The average Bonchev–Trinajstić information content (AvgIpc) is 2.30. The largest absolute Gasteiger partial charge is 0.465 e. The van der Waals surface area contributed by atoms with E-state index < -0.39 is 0 Å². The lowest BCUT2D eigenvalue weighted by Crippen LogP contribution is -2.36. The van der Waals surface area contributed by atoms with E-state index in [1.165, 1.54) is 32.5 Å². The molecule has 0 unspecified atom stereocenters. The van der Waals surface area contributed by atoms with Crippen molar-refractivity contribution in [2.75, 3.05) is 26.2 Å². The molecule has 1 rings (SSSR count). The molecule has 1 fully saturated rings. The molecule has 0 aromatic heterocycles. The van der Waals surface area contributed by atoms with Crippen molar-refractivity contribution in [3.63, 3.8) is 0 Å². The highest BCUT2D eigenvalue weighted by Gasteiger charge is 2.20. The Morgan fingerprint density at radius 2 is 1.83 bits per heavy atom. The van der Waals surface area contributed by atoms with Gasteiger partial charge in [0.15, 0.2) is 0 Å². The minimum atomic E-state index is -0.0627. The van der Waals surface area contributed by atoms with Crippen molar-refractivity contribution in [3.8, 4) is 0 Å². The lowest BCUT2D eigenvalue weighted by Gasteiger charge is -2.32. The van der Waals surface area contributed by atoms with Crippen LogP contribution in [0.2, 0.25) is 0 Å². The Morgan fingerprint density at radius 3 is 2.33 bits per heavy atom. The first-order valence-electron chi connectivity index (χ1n) is 7.38. The van der Waals surface area contributed by atoms with Gasteiger partial charge in [-0.3, -0.25) is 4.79 Å². The maximum atomic E-state index is 11.3. The molecular formula is C15H29NO2. The van der Waals surface area contributed by atoms with E-state index in [2.05, 4.69) is 18.7 Å². The van der Waals surface area contributed by atoms with Crippen LogP contribution >= 0.6 is 0 Å². The summed E-state index contributed by atoms with van der Waals surface area (Å²) in [6.07, 6.45) is 3.55. The van der Waals surface area contributed by atoms with Gasteiger partial charge in [-0.2, -0.15) is 0 Å². The lowest BCUT2D eigenvalue weighted by molar-refractivity contribution is -0.147. The van der Waals surface area contributed by atoms with Crippen LogP contribution in [0, 0.1) is 17.8 Å². The van der Waals surface area contributed by atoms with Gasteiger partial charge in [-0.25, -0.2) is 0 Å². The predicted octanol–water partition coefficient (Wildman–Crippen LogP) is 2.94. The van der Waals surface area contributed by atoms with Gasteiger partial charge in [0.25, 0.3) is 0 Å². The average molecular weight is 255 g/mol. The smallest absolute Gasteiger partial charge is 0.308 e. The van der Waals surface area contributed by atoms with Gasteiger partial charge in [-0.15, -0.1) is 0 Å². The molecule has 3 heteroatoms. The molecule has 0 amide bonds. The summed E-state index contributed by atoms with van der Waals surface area (Å²) < 4.78 is 5.25. The number of carbonyl (C=O) groups is 1. The van der Waals surface area contributed by atoms with Crippen molar-refractivity contribution in [1.29, 1.82) is 0 Å². The molecule has 0 saturated carbocycles. The van der Waals surface area contributed by atoms with Gasteiger partial charge in [0, 0.05) is 6.54 Å². The summed E-state index contributed by atoms with van der Waals surface area (Å²) in [5.74, 6) is 1.44. The van der Waals surface area contributed by atoms with Gasteiger partial charge in [0.05, 0.1) is 12.5 Å². The fourth-order valence-electron chi connectivity index (χ4n) is 2.47. The van der Waals surface area contributed by atoms with Gasteiger partial charge in [-0.1, -0.05) is 27.7 Å². The fourth-order valence-corrected chi connectivity index (χ4v) is 2.47. The quantitative estimate of drug-likeness (QED) is 0.683. The van der Waals surface area contributed by atoms with E-state index in [-0.39, 0.29) is 11.9 Å². The topological polar surface area (TPSA) is 29.5 Å². The van der Waals surface area contributed by atoms with Gasteiger partial charge in [0.2, 0.25) is 0 Å². The summed E-state index contributed by atoms with van der Waals surface area (Å²) in [6, 6.07) is 0. The Labute approximate surface area is 112 Å². The Kier molecular flexibility index (Phi) is 6.69. The number of piperidine rings is 1. The van der Waals surface area contributed by atoms with Crippen LogP contribution < -0.4 is 0 Å². The second-order valence-electron chi connectivity index (χ2n) is 6.25. The Balaban J connectivity index is 2.10. The number of hydrogen-bond donors (Lipinski definition) is 0. The highest BCUT2D eigenvalue weighted by molar-refractivity contribution is 5.71. The number of carbonyl (C=O) groups excluding carboxylic acids is 1. The molecule has 1 aliphatic heterocycles. The first kappa shape index (κ1) is 15.5. The normalized spacial score (nSPS) is 18.6. The molecule has 0 aromatic carbocycles. The van der Waals surface area contributed by atoms with Crippen LogP contribution in [0.1, 0.15) is 47.0 Å². The molecule has 1 aliphatic rings. The molecule has 18 heavy (non-hydrogen) atoms. The van der Waals surface area contributed by atoms with Crippen molar-refractivity contribution in [1.82, 2.24) is 4.90 Å². The standard InChI is InChI=1S/C15H29NO2/c1-12(2)11-16-8-5-14(6-9-16)7-10-18-15(17)13(3)4/h12-14H,5-11H2,1-4H3. The third-order valence-corrected chi connectivity index (χ3v) is 3.57. The first-order chi connectivity index (χ1) is 8.49. The van der Waals surface area contributed by atoms with E-state index in [9.17, 15) is 4.79 Å². The Hall–Kier alpha value is -0.570. The fraction of sp³-hybridized carbons (Fsp3) is 0.933. The molecule has 0 spiro atoms. The third-order valence-electron chi connectivity index (χ3n) is 3.57. The minimum Gasteiger partial charge on any atom is -0.465 e. The summed E-state index contributed by atoms with van der Waals surface area (Å²) in [7, 11) is 0. The van der Waals surface area contributed by atoms with Crippen LogP contribution in [-0.2, 0) is 9.53 Å². The van der Waals surface area contributed by atoms with Crippen LogP contribution in [0.5, 0.6) is 0 Å². The van der Waals surface area contributed by atoms with E-state index in [1.54, 1.807) is 0 Å². The minimum absolute atomic E-state index is 0.00195. The molecule has 0 radical (unpaired) electrons. The zero-order valence-electron chi connectivity index (χ0n) is 12.4. The summed E-state index contributed by atoms with van der Waals surface area (Å²) in [4.78, 5) is 13.9. The Bertz CT molecular complexity index is 243. The van der Waals surface area contributed by atoms with Crippen molar-refractivity contribution >= 4 is 5.97 Å². The molecule has 1 heterocycles. The first-order valence-corrected chi connectivity index (χ1v) is 7.38. The lowest BCUT2D eigenvalue weighted by atomic mass is 9.93. The van der Waals surface area contributed by atoms with Crippen molar-refractivity contribution in [2.45, 2.75) is 47.0 Å². The third kappa shape index (κ3) is 5.85. The van der Waals surface area contributed by atoms with E-state index in [1.807, 2.05) is 13.8 Å². The van der Waals surface area contributed by atoms with Crippen LogP contribution in [0.25, 0.3) is 0 Å². The van der Waals surface area contributed by atoms with Crippen molar-refractivity contribution < 1.29 is 9.53 Å².